The lowest BCUT2D eigenvalue weighted by Gasteiger charge is -2.06. The largest absolute Gasteiger partial charge is 0.380 e. The Morgan fingerprint density at radius 3 is 2.80 bits per heavy atom. The number of hydrogen-bond acceptors (Lipinski definition) is 4. The molecule has 0 amide bonds. The van der Waals surface area contributed by atoms with Gasteiger partial charge in [-0.05, 0) is 17.7 Å². The second-order valence-corrected chi connectivity index (χ2v) is 4.64. The highest BCUT2D eigenvalue weighted by Crippen LogP contribution is 2.27. The normalized spacial score (nSPS) is 10.1. The Balaban J connectivity index is 2.11. The molecule has 6 nitrogen and oxygen atoms in total. The number of aryl methyl sites for hydroxylation is 1. The standard InChI is InChI=1S/C13H11ClN4O2/c1-17-8-9(4-11(17)6-15)7-16-13-3-2-10(18(19)20)5-12(13)14/h2-5,8,16H,7H2,1H3. The molecule has 0 saturated heterocycles. The van der Waals surface area contributed by atoms with Gasteiger partial charge >= 0.3 is 0 Å². The van der Waals surface area contributed by atoms with Crippen molar-refractivity contribution in [2.45, 2.75) is 6.54 Å². The van der Waals surface area contributed by atoms with Gasteiger partial charge in [-0.1, -0.05) is 11.6 Å². The van der Waals surface area contributed by atoms with Crippen molar-refractivity contribution in [3.05, 3.63) is 56.9 Å². The van der Waals surface area contributed by atoms with Crippen molar-refractivity contribution in [3.8, 4) is 6.07 Å². The Hall–Kier alpha value is -2.52. The molecule has 0 aliphatic carbocycles. The fraction of sp³-hybridized carbons (Fsp3) is 0.154. The van der Waals surface area contributed by atoms with Gasteiger partial charge in [-0.3, -0.25) is 10.1 Å². The molecule has 102 valence electrons. The predicted octanol–water partition coefficient (Wildman–Crippen LogP) is 3.07. The Kier molecular flexibility index (Phi) is 3.91. The zero-order valence-electron chi connectivity index (χ0n) is 10.6. The molecular weight excluding hydrogens is 280 g/mol. The summed E-state index contributed by atoms with van der Waals surface area (Å²) in [4.78, 5) is 10.1. The van der Waals surface area contributed by atoms with Crippen LogP contribution in [-0.2, 0) is 13.6 Å². The van der Waals surface area contributed by atoms with E-state index in [2.05, 4.69) is 11.4 Å². The average Bonchev–Trinajstić information content (AvgIpc) is 2.77. The molecule has 0 bridgehead atoms. The number of benzene rings is 1. The molecule has 0 aliphatic rings. The number of nitro groups is 1. The fourth-order valence-electron chi connectivity index (χ4n) is 1.80. The fourth-order valence-corrected chi connectivity index (χ4v) is 2.04. The average molecular weight is 291 g/mol. The third-order valence-corrected chi connectivity index (χ3v) is 3.14. The molecule has 2 rings (SSSR count). The maximum Gasteiger partial charge on any atom is 0.271 e. The van der Waals surface area contributed by atoms with Gasteiger partial charge in [0, 0.05) is 31.9 Å². The molecule has 7 heteroatoms. The van der Waals surface area contributed by atoms with E-state index >= 15 is 0 Å². The molecule has 1 heterocycles. The maximum absolute atomic E-state index is 10.6. The van der Waals surface area contributed by atoms with Crippen LogP contribution in [0.1, 0.15) is 11.3 Å². The van der Waals surface area contributed by atoms with Crippen LogP contribution in [0.15, 0.2) is 30.5 Å². The van der Waals surface area contributed by atoms with Gasteiger partial charge in [0.05, 0.1) is 15.6 Å². The van der Waals surface area contributed by atoms with Crippen LogP contribution in [0, 0.1) is 21.4 Å². The van der Waals surface area contributed by atoms with Crippen LogP contribution < -0.4 is 5.32 Å². The minimum atomic E-state index is -0.494. The molecular formula is C13H11ClN4O2. The van der Waals surface area contributed by atoms with Crippen LogP contribution in [-0.4, -0.2) is 9.49 Å². The number of halogens is 1. The molecule has 0 unspecified atom stereocenters. The van der Waals surface area contributed by atoms with Gasteiger partial charge in [-0.25, -0.2) is 0 Å². The Morgan fingerprint density at radius 1 is 1.50 bits per heavy atom. The van der Waals surface area contributed by atoms with Crippen molar-refractivity contribution in [2.24, 2.45) is 7.05 Å². The monoisotopic (exact) mass is 290 g/mol. The molecule has 0 atom stereocenters. The van der Waals surface area contributed by atoms with Crippen molar-refractivity contribution in [2.75, 3.05) is 5.32 Å². The minimum Gasteiger partial charge on any atom is -0.380 e. The van der Waals surface area contributed by atoms with Gasteiger partial charge in [-0.2, -0.15) is 5.26 Å². The summed E-state index contributed by atoms with van der Waals surface area (Å²) in [5.41, 5.74) is 2.06. The Morgan fingerprint density at radius 2 is 2.25 bits per heavy atom. The first-order valence-electron chi connectivity index (χ1n) is 5.74. The summed E-state index contributed by atoms with van der Waals surface area (Å²) in [5.74, 6) is 0. The first-order valence-corrected chi connectivity index (χ1v) is 6.12. The lowest BCUT2D eigenvalue weighted by atomic mass is 10.2. The molecule has 2 aromatic rings. The zero-order chi connectivity index (χ0) is 14.7. The summed E-state index contributed by atoms with van der Waals surface area (Å²) in [6, 6.07) is 8.10. The van der Waals surface area contributed by atoms with Crippen molar-refractivity contribution in [1.82, 2.24) is 4.57 Å². The van der Waals surface area contributed by atoms with Crippen molar-refractivity contribution >= 4 is 23.0 Å². The molecule has 0 saturated carbocycles. The highest BCUT2D eigenvalue weighted by Gasteiger charge is 2.09. The maximum atomic E-state index is 10.6. The van der Waals surface area contributed by atoms with Crippen molar-refractivity contribution < 1.29 is 4.92 Å². The highest BCUT2D eigenvalue weighted by atomic mass is 35.5. The van der Waals surface area contributed by atoms with E-state index in [1.165, 1.54) is 12.1 Å². The van der Waals surface area contributed by atoms with Gasteiger partial charge in [0.25, 0.3) is 5.69 Å². The van der Waals surface area contributed by atoms with Crippen LogP contribution in [0.2, 0.25) is 5.02 Å². The number of anilines is 1. The predicted molar refractivity (Wildman–Crippen MR) is 75.6 cm³/mol. The third-order valence-electron chi connectivity index (χ3n) is 2.82. The molecule has 0 spiro atoms. The number of nitrogens with zero attached hydrogens (tertiary/aromatic N) is 3. The summed E-state index contributed by atoms with van der Waals surface area (Å²) in [5, 5.41) is 22.8. The van der Waals surface area contributed by atoms with Crippen LogP contribution >= 0.6 is 11.6 Å². The van der Waals surface area contributed by atoms with E-state index in [9.17, 15) is 10.1 Å². The quantitative estimate of drug-likeness (QED) is 0.693. The topological polar surface area (TPSA) is 83.9 Å². The summed E-state index contributed by atoms with van der Waals surface area (Å²) >= 11 is 5.98. The SMILES string of the molecule is Cn1cc(CNc2ccc([N+](=O)[O-])cc2Cl)cc1C#N. The van der Waals surface area contributed by atoms with Crippen LogP contribution in [0.4, 0.5) is 11.4 Å². The molecule has 0 radical (unpaired) electrons. The van der Waals surface area contributed by atoms with E-state index in [1.54, 1.807) is 23.7 Å². The first kappa shape index (κ1) is 13.9. The second kappa shape index (κ2) is 5.63. The van der Waals surface area contributed by atoms with E-state index in [0.29, 0.717) is 17.9 Å². The zero-order valence-corrected chi connectivity index (χ0v) is 11.4. The molecule has 20 heavy (non-hydrogen) atoms. The first-order chi connectivity index (χ1) is 9.51. The van der Waals surface area contributed by atoms with Gasteiger partial charge in [0.1, 0.15) is 11.8 Å². The number of rotatable bonds is 4. The summed E-state index contributed by atoms with van der Waals surface area (Å²) in [7, 11) is 1.79. The lowest BCUT2D eigenvalue weighted by Crippen LogP contribution is -1.99. The second-order valence-electron chi connectivity index (χ2n) is 4.23. The van der Waals surface area contributed by atoms with Gasteiger partial charge in [0.2, 0.25) is 0 Å². The van der Waals surface area contributed by atoms with E-state index in [0.717, 1.165) is 5.56 Å². The summed E-state index contributed by atoms with van der Waals surface area (Å²) in [6.45, 7) is 0.479. The van der Waals surface area contributed by atoms with Crippen LogP contribution in [0.5, 0.6) is 0 Å². The number of non-ortho nitro benzene ring substituents is 1. The lowest BCUT2D eigenvalue weighted by molar-refractivity contribution is -0.384. The smallest absolute Gasteiger partial charge is 0.271 e. The number of hydrogen-bond donors (Lipinski definition) is 1. The number of aromatic nitrogens is 1. The van der Waals surface area contributed by atoms with Gasteiger partial charge < -0.3 is 9.88 Å². The summed E-state index contributed by atoms with van der Waals surface area (Å²) in [6.07, 6.45) is 1.84. The molecule has 0 aliphatic heterocycles. The number of nitrogens with one attached hydrogen (secondary N) is 1. The Labute approximate surface area is 120 Å². The van der Waals surface area contributed by atoms with E-state index in [-0.39, 0.29) is 10.7 Å². The minimum absolute atomic E-state index is 0.0490. The van der Waals surface area contributed by atoms with E-state index < -0.39 is 4.92 Å². The molecule has 0 fully saturated rings. The molecule has 1 aromatic carbocycles. The van der Waals surface area contributed by atoms with Crippen molar-refractivity contribution in [1.29, 1.82) is 5.26 Å². The highest BCUT2D eigenvalue weighted by molar-refractivity contribution is 6.33. The van der Waals surface area contributed by atoms with Crippen LogP contribution in [0.3, 0.4) is 0 Å². The Bertz CT molecular complexity index is 703. The molecule has 1 aromatic heterocycles. The number of nitriles is 1. The molecule has 1 N–H and O–H groups in total. The van der Waals surface area contributed by atoms with Crippen LogP contribution in [0.25, 0.3) is 0 Å². The van der Waals surface area contributed by atoms with E-state index in [4.69, 9.17) is 16.9 Å². The van der Waals surface area contributed by atoms with Crippen molar-refractivity contribution in [3.63, 3.8) is 0 Å². The van der Waals surface area contributed by atoms with E-state index in [1.807, 2.05) is 6.20 Å². The van der Waals surface area contributed by atoms with Gasteiger partial charge in [-0.15, -0.1) is 0 Å². The number of nitro benzene ring substituents is 1. The summed E-state index contributed by atoms with van der Waals surface area (Å²) < 4.78 is 1.73. The van der Waals surface area contributed by atoms with Gasteiger partial charge in [0.15, 0.2) is 0 Å². The third kappa shape index (κ3) is 2.90.